The van der Waals surface area contributed by atoms with Crippen LogP contribution in [-0.2, 0) is 11.3 Å². The van der Waals surface area contributed by atoms with Crippen molar-refractivity contribution < 1.29 is 4.79 Å². The van der Waals surface area contributed by atoms with Crippen molar-refractivity contribution in [3.05, 3.63) is 41.6 Å². The van der Waals surface area contributed by atoms with Crippen LogP contribution in [0.25, 0.3) is 10.9 Å². The summed E-state index contributed by atoms with van der Waals surface area (Å²) in [5, 5.41) is 7.16. The molecule has 0 fully saturated rings. The van der Waals surface area contributed by atoms with E-state index in [9.17, 15) is 4.79 Å². The molecule has 2 N–H and O–H groups in total. The average molecular weight is 285 g/mol. The Balaban J connectivity index is 2.12. The molecule has 0 bridgehead atoms. The lowest BCUT2D eigenvalue weighted by Gasteiger charge is -2.20. The SMILES string of the molecule is CNC(=O)C(NCc1ccc2nc(C)ccc2c1)C(C)C. The second kappa shape index (κ2) is 6.68. The Morgan fingerprint density at radius 2 is 2.00 bits per heavy atom. The highest BCUT2D eigenvalue weighted by Gasteiger charge is 2.20. The summed E-state index contributed by atoms with van der Waals surface area (Å²) in [4.78, 5) is 16.3. The van der Waals surface area contributed by atoms with Crippen LogP contribution in [0.15, 0.2) is 30.3 Å². The Morgan fingerprint density at radius 3 is 2.67 bits per heavy atom. The van der Waals surface area contributed by atoms with Crippen LogP contribution in [0.3, 0.4) is 0 Å². The zero-order valence-corrected chi connectivity index (χ0v) is 13.1. The van der Waals surface area contributed by atoms with E-state index in [1.54, 1.807) is 7.05 Å². The van der Waals surface area contributed by atoms with Gasteiger partial charge in [0, 0.05) is 24.7 Å². The number of rotatable bonds is 5. The Morgan fingerprint density at radius 1 is 1.24 bits per heavy atom. The summed E-state index contributed by atoms with van der Waals surface area (Å²) in [6.45, 7) is 6.74. The van der Waals surface area contributed by atoms with Gasteiger partial charge in [0.05, 0.1) is 11.6 Å². The van der Waals surface area contributed by atoms with Crippen molar-refractivity contribution in [3.8, 4) is 0 Å². The number of fused-ring (bicyclic) bond motifs is 1. The average Bonchev–Trinajstić information content (AvgIpc) is 2.46. The van der Waals surface area contributed by atoms with E-state index < -0.39 is 0 Å². The molecule has 2 rings (SSSR count). The van der Waals surface area contributed by atoms with E-state index in [0.717, 1.165) is 22.2 Å². The fraction of sp³-hybridized carbons (Fsp3) is 0.412. The molecule has 1 aromatic heterocycles. The van der Waals surface area contributed by atoms with Gasteiger partial charge < -0.3 is 10.6 Å². The highest BCUT2D eigenvalue weighted by molar-refractivity contribution is 5.82. The quantitative estimate of drug-likeness (QED) is 0.887. The van der Waals surface area contributed by atoms with E-state index in [1.807, 2.05) is 32.9 Å². The number of carbonyl (C=O) groups excluding carboxylic acids is 1. The van der Waals surface area contributed by atoms with Crippen molar-refractivity contribution in [2.24, 2.45) is 5.92 Å². The fourth-order valence-electron chi connectivity index (χ4n) is 2.40. The summed E-state index contributed by atoms with van der Waals surface area (Å²) in [6.07, 6.45) is 0. The lowest BCUT2D eigenvalue weighted by molar-refractivity contribution is -0.123. The number of aromatic nitrogens is 1. The summed E-state index contributed by atoms with van der Waals surface area (Å²) < 4.78 is 0. The van der Waals surface area contributed by atoms with Gasteiger partial charge in [0.15, 0.2) is 0 Å². The van der Waals surface area contributed by atoms with Gasteiger partial charge in [-0.1, -0.05) is 26.0 Å². The van der Waals surface area contributed by atoms with Gasteiger partial charge in [0.25, 0.3) is 0 Å². The van der Waals surface area contributed by atoms with Crippen LogP contribution in [0.1, 0.15) is 25.1 Å². The maximum Gasteiger partial charge on any atom is 0.237 e. The van der Waals surface area contributed by atoms with Gasteiger partial charge in [0.2, 0.25) is 5.91 Å². The lowest BCUT2D eigenvalue weighted by Crippen LogP contribution is -2.45. The van der Waals surface area contributed by atoms with Gasteiger partial charge in [-0.25, -0.2) is 0 Å². The molecule has 4 heteroatoms. The second-order valence-electron chi connectivity index (χ2n) is 5.70. The molecule has 1 aromatic carbocycles. The number of likely N-dealkylation sites (N-methyl/N-ethyl adjacent to an activating group) is 1. The molecule has 0 aliphatic carbocycles. The number of hydrogen-bond donors (Lipinski definition) is 2. The molecule has 0 aliphatic heterocycles. The smallest absolute Gasteiger partial charge is 0.237 e. The standard InChI is InChI=1S/C17H23N3O/c1-11(2)16(17(21)18-4)19-10-13-6-8-15-14(9-13)7-5-12(3)20-15/h5-9,11,16,19H,10H2,1-4H3,(H,18,21). The molecule has 0 aliphatic rings. The number of hydrogen-bond acceptors (Lipinski definition) is 3. The minimum atomic E-state index is -0.179. The molecule has 2 aromatic rings. The number of amides is 1. The van der Waals surface area contributed by atoms with E-state index in [-0.39, 0.29) is 17.9 Å². The van der Waals surface area contributed by atoms with Crippen LogP contribution in [0.5, 0.6) is 0 Å². The highest BCUT2D eigenvalue weighted by Crippen LogP contribution is 2.15. The first-order valence-electron chi connectivity index (χ1n) is 7.32. The van der Waals surface area contributed by atoms with Crippen LogP contribution < -0.4 is 10.6 Å². The summed E-state index contributed by atoms with van der Waals surface area (Å²) in [6, 6.07) is 10.1. The van der Waals surface area contributed by atoms with E-state index in [4.69, 9.17) is 0 Å². The third kappa shape index (κ3) is 3.79. The third-order valence-corrected chi connectivity index (χ3v) is 3.61. The first kappa shape index (κ1) is 15.4. The molecule has 4 nitrogen and oxygen atoms in total. The Hall–Kier alpha value is -1.94. The summed E-state index contributed by atoms with van der Waals surface area (Å²) in [5.41, 5.74) is 3.18. The molecule has 1 unspecified atom stereocenters. The molecule has 1 heterocycles. The molecule has 0 radical (unpaired) electrons. The van der Waals surface area contributed by atoms with Crippen LogP contribution in [-0.4, -0.2) is 24.0 Å². The minimum absolute atomic E-state index is 0.0306. The molecule has 0 saturated heterocycles. The van der Waals surface area contributed by atoms with Gasteiger partial charge in [-0.2, -0.15) is 0 Å². The number of pyridine rings is 1. The first-order valence-corrected chi connectivity index (χ1v) is 7.32. The zero-order chi connectivity index (χ0) is 15.4. The lowest BCUT2D eigenvalue weighted by atomic mass is 10.0. The molecule has 1 atom stereocenters. The molecular formula is C17H23N3O. The van der Waals surface area contributed by atoms with Crippen molar-refractivity contribution >= 4 is 16.8 Å². The van der Waals surface area contributed by atoms with Gasteiger partial charge in [0.1, 0.15) is 0 Å². The molecule has 21 heavy (non-hydrogen) atoms. The van der Waals surface area contributed by atoms with E-state index in [0.29, 0.717) is 6.54 Å². The normalized spacial score (nSPS) is 12.6. The highest BCUT2D eigenvalue weighted by atomic mass is 16.2. The van der Waals surface area contributed by atoms with Crippen molar-refractivity contribution in [3.63, 3.8) is 0 Å². The van der Waals surface area contributed by atoms with Gasteiger partial charge in [-0.05, 0) is 36.6 Å². The summed E-state index contributed by atoms with van der Waals surface area (Å²) >= 11 is 0. The topological polar surface area (TPSA) is 54.0 Å². The maximum atomic E-state index is 11.8. The van der Waals surface area contributed by atoms with Crippen LogP contribution in [0.2, 0.25) is 0 Å². The molecule has 112 valence electrons. The van der Waals surface area contributed by atoms with Crippen molar-refractivity contribution in [1.82, 2.24) is 15.6 Å². The van der Waals surface area contributed by atoms with Crippen LogP contribution in [0.4, 0.5) is 0 Å². The third-order valence-electron chi connectivity index (χ3n) is 3.61. The van der Waals surface area contributed by atoms with Gasteiger partial charge in [-0.15, -0.1) is 0 Å². The predicted molar refractivity (Wildman–Crippen MR) is 86.0 cm³/mol. The predicted octanol–water partition coefficient (Wildman–Crippen LogP) is 2.40. The van der Waals surface area contributed by atoms with Gasteiger partial charge >= 0.3 is 0 Å². The first-order chi connectivity index (χ1) is 10.0. The second-order valence-corrected chi connectivity index (χ2v) is 5.70. The number of aryl methyl sites for hydroxylation is 1. The van der Waals surface area contributed by atoms with Crippen molar-refractivity contribution in [2.75, 3.05) is 7.05 Å². The maximum absolute atomic E-state index is 11.8. The monoisotopic (exact) mass is 285 g/mol. The zero-order valence-electron chi connectivity index (χ0n) is 13.1. The summed E-state index contributed by atoms with van der Waals surface area (Å²) in [5.74, 6) is 0.276. The van der Waals surface area contributed by atoms with Gasteiger partial charge in [-0.3, -0.25) is 9.78 Å². The number of benzene rings is 1. The molecule has 0 spiro atoms. The number of nitrogens with zero attached hydrogens (tertiary/aromatic N) is 1. The summed E-state index contributed by atoms with van der Waals surface area (Å²) in [7, 11) is 1.67. The van der Waals surface area contributed by atoms with E-state index >= 15 is 0 Å². The van der Waals surface area contributed by atoms with Crippen LogP contribution >= 0.6 is 0 Å². The number of carbonyl (C=O) groups is 1. The minimum Gasteiger partial charge on any atom is -0.358 e. The van der Waals surface area contributed by atoms with Crippen LogP contribution in [0, 0.1) is 12.8 Å². The molecule has 0 saturated carbocycles. The molecular weight excluding hydrogens is 262 g/mol. The molecule has 1 amide bonds. The Kier molecular flexibility index (Phi) is 4.91. The Bertz CT molecular complexity index is 637. The van der Waals surface area contributed by atoms with E-state index in [2.05, 4.69) is 33.8 Å². The Labute approximate surface area is 126 Å². The van der Waals surface area contributed by atoms with E-state index in [1.165, 1.54) is 0 Å². The largest absolute Gasteiger partial charge is 0.358 e. The van der Waals surface area contributed by atoms with Crippen molar-refractivity contribution in [2.45, 2.75) is 33.4 Å². The number of nitrogens with one attached hydrogen (secondary N) is 2. The van der Waals surface area contributed by atoms with Crippen molar-refractivity contribution in [1.29, 1.82) is 0 Å². The fourth-order valence-corrected chi connectivity index (χ4v) is 2.40.